The summed E-state index contributed by atoms with van der Waals surface area (Å²) in [6, 6.07) is 26.9. The molecule has 3 aliphatic heterocycles. The molecule has 6 nitrogen and oxygen atoms in total. The van der Waals surface area contributed by atoms with Crippen molar-refractivity contribution in [3.05, 3.63) is 137 Å². The molecule has 0 aromatic heterocycles. The number of allylic oxidation sites excluding steroid dienone is 2. The van der Waals surface area contributed by atoms with E-state index < -0.39 is 29.8 Å². The summed E-state index contributed by atoms with van der Waals surface area (Å²) in [5.74, 6) is -3.04. The van der Waals surface area contributed by atoms with Gasteiger partial charge in [-0.3, -0.25) is 19.2 Å². The van der Waals surface area contributed by atoms with E-state index in [1.807, 2.05) is 42.5 Å². The standard InChI is InChI=1S/C34H23ClN2O4/c35-24-15-13-22(14-16-24)32(39)30-29-28(27-19-23(17-18-36(27)30)31(38)21-8-2-1-3-9-21)33(40)37(34(29)41)26-12-6-10-20-7-4-5-11-25(20)26/h1-19,27-30H/t27-,28+,29-,30+/m1/s1. The number of ketones is 2. The van der Waals surface area contributed by atoms with Gasteiger partial charge in [-0.25, -0.2) is 4.90 Å². The predicted octanol–water partition coefficient (Wildman–Crippen LogP) is 5.87. The van der Waals surface area contributed by atoms with Gasteiger partial charge >= 0.3 is 0 Å². The Kier molecular flexibility index (Phi) is 5.94. The lowest BCUT2D eigenvalue weighted by molar-refractivity contribution is -0.123. The quantitative estimate of drug-likeness (QED) is 0.226. The molecule has 7 rings (SSSR count). The molecule has 4 aromatic carbocycles. The maximum absolute atomic E-state index is 14.2. The number of benzene rings is 4. The number of fused-ring (bicyclic) bond motifs is 4. The van der Waals surface area contributed by atoms with E-state index in [1.54, 1.807) is 77.8 Å². The first kappa shape index (κ1) is 25.2. The van der Waals surface area contributed by atoms with Crippen LogP contribution in [0.25, 0.3) is 10.8 Å². The van der Waals surface area contributed by atoms with E-state index >= 15 is 0 Å². The number of anilines is 1. The highest BCUT2D eigenvalue weighted by atomic mass is 35.5. The van der Waals surface area contributed by atoms with Crippen molar-refractivity contribution in [2.45, 2.75) is 12.1 Å². The fourth-order valence-corrected chi connectivity index (χ4v) is 6.51. The van der Waals surface area contributed by atoms with Crippen LogP contribution in [-0.4, -0.2) is 40.4 Å². The van der Waals surface area contributed by atoms with Gasteiger partial charge in [0.05, 0.1) is 23.6 Å². The van der Waals surface area contributed by atoms with Crippen molar-refractivity contribution in [2.75, 3.05) is 4.90 Å². The first-order valence-corrected chi connectivity index (χ1v) is 13.7. The molecule has 0 radical (unpaired) electrons. The van der Waals surface area contributed by atoms with Crippen molar-refractivity contribution in [1.82, 2.24) is 4.90 Å². The molecule has 0 aliphatic carbocycles. The van der Waals surface area contributed by atoms with Crippen LogP contribution in [0.2, 0.25) is 5.02 Å². The van der Waals surface area contributed by atoms with Gasteiger partial charge in [0.2, 0.25) is 11.8 Å². The summed E-state index contributed by atoms with van der Waals surface area (Å²) in [7, 11) is 0. The molecule has 4 atom stereocenters. The van der Waals surface area contributed by atoms with Gasteiger partial charge in [0, 0.05) is 33.3 Å². The number of halogens is 1. The van der Waals surface area contributed by atoms with Gasteiger partial charge in [0.1, 0.15) is 6.04 Å². The van der Waals surface area contributed by atoms with Gasteiger partial charge < -0.3 is 4.90 Å². The SMILES string of the molecule is O=C(C1=C[C@@H]2[C@@H]3C(=O)N(c4cccc5ccccc45)C(=O)[C@H]3[C@@H](C(=O)c3ccc(Cl)cc3)N2C=C1)c1ccccc1. The average Bonchev–Trinajstić information content (AvgIpc) is 3.48. The third kappa shape index (κ3) is 3.94. The van der Waals surface area contributed by atoms with E-state index in [0.29, 0.717) is 27.4 Å². The minimum atomic E-state index is -0.929. The highest BCUT2D eigenvalue weighted by Gasteiger charge is 2.63. The third-order valence-electron chi connectivity index (χ3n) is 8.25. The van der Waals surface area contributed by atoms with E-state index in [0.717, 1.165) is 10.8 Å². The average molecular weight is 559 g/mol. The van der Waals surface area contributed by atoms with Gasteiger partial charge in [0.15, 0.2) is 11.6 Å². The van der Waals surface area contributed by atoms with E-state index in [9.17, 15) is 19.2 Å². The van der Waals surface area contributed by atoms with Crippen LogP contribution in [0, 0.1) is 11.8 Å². The topological polar surface area (TPSA) is 74.8 Å². The molecule has 7 heteroatoms. The van der Waals surface area contributed by atoms with Crippen molar-refractivity contribution >= 4 is 51.4 Å². The number of carbonyl (C=O) groups excluding carboxylic acids is 4. The number of nitrogens with zero attached hydrogens (tertiary/aromatic N) is 2. The van der Waals surface area contributed by atoms with Crippen molar-refractivity contribution in [3.63, 3.8) is 0 Å². The van der Waals surface area contributed by atoms with Crippen LogP contribution in [0.15, 0.2) is 121 Å². The molecule has 0 bridgehead atoms. The lowest BCUT2D eigenvalue weighted by atomic mass is 9.85. The Morgan fingerprint density at radius 1 is 0.707 bits per heavy atom. The lowest BCUT2D eigenvalue weighted by Crippen LogP contribution is -2.46. The number of rotatable bonds is 5. The summed E-state index contributed by atoms with van der Waals surface area (Å²) < 4.78 is 0. The number of hydrogen-bond donors (Lipinski definition) is 0. The molecule has 4 aromatic rings. The Labute approximate surface area is 241 Å². The molecule has 3 aliphatic rings. The summed E-state index contributed by atoms with van der Waals surface area (Å²) >= 11 is 6.07. The van der Waals surface area contributed by atoms with Gasteiger partial charge in [-0.15, -0.1) is 0 Å². The molecular formula is C34H23ClN2O4. The first-order chi connectivity index (χ1) is 19.9. The highest BCUT2D eigenvalue weighted by Crippen LogP contribution is 2.48. The number of hydrogen-bond acceptors (Lipinski definition) is 5. The Balaban J connectivity index is 1.34. The van der Waals surface area contributed by atoms with Gasteiger partial charge in [-0.1, -0.05) is 84.4 Å². The van der Waals surface area contributed by atoms with Crippen LogP contribution < -0.4 is 4.90 Å². The second kappa shape index (κ2) is 9.68. The number of Topliss-reactive ketones (excluding diaryl/α,β-unsaturated/α-hetero) is 2. The lowest BCUT2D eigenvalue weighted by Gasteiger charge is -2.33. The highest BCUT2D eigenvalue weighted by molar-refractivity contribution is 6.31. The van der Waals surface area contributed by atoms with Crippen molar-refractivity contribution in [3.8, 4) is 0 Å². The molecule has 0 saturated carbocycles. The Hall–Kier alpha value is -4.81. The van der Waals surface area contributed by atoms with Gasteiger partial charge in [-0.2, -0.15) is 0 Å². The molecule has 41 heavy (non-hydrogen) atoms. The molecule has 2 amide bonds. The zero-order valence-corrected chi connectivity index (χ0v) is 22.4. The maximum atomic E-state index is 14.2. The molecule has 0 spiro atoms. The smallest absolute Gasteiger partial charge is 0.240 e. The van der Waals surface area contributed by atoms with Crippen molar-refractivity contribution < 1.29 is 19.2 Å². The summed E-state index contributed by atoms with van der Waals surface area (Å²) in [5, 5.41) is 2.16. The fourth-order valence-electron chi connectivity index (χ4n) is 6.38. The second-order valence-corrected chi connectivity index (χ2v) is 10.9. The fraction of sp³-hybridized carbons (Fsp3) is 0.118. The number of amides is 2. The molecule has 0 unspecified atom stereocenters. The maximum Gasteiger partial charge on any atom is 0.240 e. The zero-order valence-electron chi connectivity index (χ0n) is 21.7. The van der Waals surface area contributed by atoms with Crippen LogP contribution in [0.1, 0.15) is 20.7 Å². The minimum Gasteiger partial charge on any atom is -0.359 e. The molecule has 2 saturated heterocycles. The van der Waals surface area contributed by atoms with Crippen LogP contribution in [0.5, 0.6) is 0 Å². The van der Waals surface area contributed by atoms with Crippen molar-refractivity contribution in [2.24, 2.45) is 11.8 Å². The minimum absolute atomic E-state index is 0.187. The number of carbonyl (C=O) groups is 4. The van der Waals surface area contributed by atoms with Gasteiger partial charge in [0.25, 0.3) is 0 Å². The third-order valence-corrected chi connectivity index (χ3v) is 8.50. The van der Waals surface area contributed by atoms with Crippen LogP contribution in [0.4, 0.5) is 5.69 Å². The monoisotopic (exact) mass is 558 g/mol. The summed E-state index contributed by atoms with van der Waals surface area (Å²) in [6.07, 6.45) is 5.08. The Morgan fingerprint density at radius 3 is 2.17 bits per heavy atom. The normalized spacial score (nSPS) is 23.0. The summed E-state index contributed by atoms with van der Waals surface area (Å²) in [5.41, 5.74) is 1.82. The number of imide groups is 1. The van der Waals surface area contributed by atoms with E-state index in [1.165, 1.54) is 4.90 Å². The summed E-state index contributed by atoms with van der Waals surface area (Å²) in [6.45, 7) is 0. The van der Waals surface area contributed by atoms with Gasteiger partial charge in [-0.05, 0) is 41.8 Å². The zero-order chi connectivity index (χ0) is 28.2. The molecular weight excluding hydrogens is 536 g/mol. The predicted molar refractivity (Wildman–Crippen MR) is 157 cm³/mol. The van der Waals surface area contributed by atoms with E-state index in [2.05, 4.69) is 0 Å². The summed E-state index contributed by atoms with van der Waals surface area (Å²) in [4.78, 5) is 58.8. The van der Waals surface area contributed by atoms with E-state index in [-0.39, 0.29) is 17.5 Å². The largest absolute Gasteiger partial charge is 0.359 e. The van der Waals surface area contributed by atoms with E-state index in [4.69, 9.17) is 11.6 Å². The first-order valence-electron chi connectivity index (χ1n) is 13.4. The van der Waals surface area contributed by atoms with Crippen LogP contribution in [-0.2, 0) is 9.59 Å². The Morgan fingerprint density at radius 2 is 1.39 bits per heavy atom. The van der Waals surface area contributed by atoms with Crippen LogP contribution >= 0.6 is 11.6 Å². The second-order valence-electron chi connectivity index (χ2n) is 10.4. The molecule has 200 valence electrons. The molecule has 2 fully saturated rings. The molecule has 0 N–H and O–H groups in total. The van der Waals surface area contributed by atoms with Crippen molar-refractivity contribution in [1.29, 1.82) is 0 Å². The Bertz CT molecular complexity index is 1810. The molecule has 3 heterocycles. The van der Waals surface area contributed by atoms with Crippen LogP contribution in [0.3, 0.4) is 0 Å².